The molecule has 0 amide bonds. The van der Waals surface area contributed by atoms with Gasteiger partial charge in [-0.25, -0.2) is 0 Å². The molecular weight excluding hydrogens is 468 g/mol. The Morgan fingerprint density at radius 1 is 0.944 bits per heavy atom. The third kappa shape index (κ3) is 3.75. The van der Waals surface area contributed by atoms with Crippen molar-refractivity contribution in [1.82, 2.24) is 14.2 Å². The van der Waals surface area contributed by atoms with E-state index in [9.17, 15) is 8.42 Å². The molecule has 7 heteroatoms. The Morgan fingerprint density at radius 3 is 2.31 bits per heavy atom. The maximum atomic E-state index is 13.9. The molecule has 4 aromatic rings. The van der Waals surface area contributed by atoms with Crippen LogP contribution in [0.3, 0.4) is 0 Å². The minimum absolute atomic E-state index is 0.234. The van der Waals surface area contributed by atoms with Crippen molar-refractivity contribution in [2.45, 2.75) is 49.0 Å². The van der Waals surface area contributed by atoms with Gasteiger partial charge < -0.3 is 5.32 Å². The van der Waals surface area contributed by atoms with Gasteiger partial charge in [-0.3, -0.25) is 4.98 Å². The smallest absolute Gasteiger partial charge is 0.283 e. The molecule has 0 saturated heterocycles. The molecule has 182 valence electrons. The van der Waals surface area contributed by atoms with Crippen LogP contribution in [0, 0.1) is 6.92 Å². The number of benzene rings is 2. The quantitative estimate of drug-likeness (QED) is 0.390. The second-order valence-electron chi connectivity index (χ2n) is 9.73. The lowest BCUT2D eigenvalue weighted by Gasteiger charge is -2.35. The first-order valence-corrected chi connectivity index (χ1v) is 13.8. The highest BCUT2D eigenvalue weighted by molar-refractivity contribution is 7.89. The Kier molecular flexibility index (Phi) is 5.52. The topological polar surface area (TPSA) is 76.9 Å². The summed E-state index contributed by atoms with van der Waals surface area (Å²) < 4.78 is 29.1. The molecule has 2 aromatic heterocycles. The molecule has 0 bridgehead atoms. The van der Waals surface area contributed by atoms with Crippen LogP contribution in [0.5, 0.6) is 0 Å². The van der Waals surface area contributed by atoms with E-state index in [2.05, 4.69) is 28.5 Å². The number of hydrogen-bond donors (Lipinski definition) is 1. The first-order valence-electron chi connectivity index (χ1n) is 12.3. The second-order valence-corrected chi connectivity index (χ2v) is 11.5. The minimum atomic E-state index is -3.90. The fourth-order valence-corrected chi connectivity index (χ4v) is 6.46. The zero-order chi connectivity index (χ0) is 24.8. The second kappa shape index (κ2) is 8.75. The van der Waals surface area contributed by atoms with Crippen LogP contribution in [0.2, 0.25) is 0 Å². The van der Waals surface area contributed by atoms with Crippen molar-refractivity contribution in [1.29, 1.82) is 0 Å². The molecule has 2 aromatic carbocycles. The monoisotopic (exact) mass is 496 g/mol. The number of nitrogens with zero attached hydrogens (tertiary/aromatic N) is 3. The van der Waals surface area contributed by atoms with Crippen molar-refractivity contribution in [2.24, 2.45) is 0 Å². The Labute approximate surface area is 211 Å². The minimum Gasteiger partial charge on any atom is -0.365 e. The van der Waals surface area contributed by atoms with Crippen LogP contribution in [0.15, 0.2) is 90.1 Å². The number of rotatable bonds is 6. The van der Waals surface area contributed by atoms with E-state index in [4.69, 9.17) is 5.10 Å². The fourth-order valence-electron chi connectivity index (χ4n) is 5.14. The lowest BCUT2D eigenvalue weighted by Crippen LogP contribution is -2.32. The van der Waals surface area contributed by atoms with Crippen LogP contribution < -0.4 is 5.32 Å². The first-order chi connectivity index (χ1) is 17.5. The van der Waals surface area contributed by atoms with Gasteiger partial charge in [0.05, 0.1) is 10.6 Å². The van der Waals surface area contributed by atoms with Gasteiger partial charge in [0.2, 0.25) is 0 Å². The van der Waals surface area contributed by atoms with Gasteiger partial charge >= 0.3 is 0 Å². The average Bonchev–Trinajstić information content (AvgIpc) is 3.25. The number of aryl methyl sites for hydroxylation is 1. The van der Waals surface area contributed by atoms with Crippen molar-refractivity contribution in [2.75, 3.05) is 5.32 Å². The molecule has 2 heterocycles. The van der Waals surface area contributed by atoms with E-state index < -0.39 is 15.4 Å². The van der Waals surface area contributed by atoms with E-state index in [-0.39, 0.29) is 4.90 Å². The van der Waals surface area contributed by atoms with Gasteiger partial charge in [0, 0.05) is 35.8 Å². The predicted octanol–water partition coefficient (Wildman–Crippen LogP) is 5.34. The normalized spacial score (nSPS) is 19.5. The lowest BCUT2D eigenvalue weighted by molar-refractivity contribution is 0.444. The number of anilines is 1. The molecule has 2 aliphatic carbocycles. The Morgan fingerprint density at radius 2 is 1.64 bits per heavy atom. The van der Waals surface area contributed by atoms with Crippen molar-refractivity contribution in [3.05, 3.63) is 113 Å². The van der Waals surface area contributed by atoms with Crippen LogP contribution in [0.1, 0.15) is 47.2 Å². The lowest BCUT2D eigenvalue weighted by atomic mass is 9.69. The van der Waals surface area contributed by atoms with Gasteiger partial charge in [0.25, 0.3) is 10.0 Å². The van der Waals surface area contributed by atoms with E-state index in [1.54, 1.807) is 24.5 Å². The molecular formula is C29H28N4O2S. The average molecular weight is 497 g/mol. The maximum absolute atomic E-state index is 13.9. The number of allylic oxidation sites excluding steroid dienone is 1. The molecule has 2 aliphatic rings. The molecule has 1 N–H and O–H groups in total. The number of hydrogen-bond acceptors (Lipinski definition) is 5. The summed E-state index contributed by atoms with van der Waals surface area (Å²) in [6.45, 7) is 1.94. The van der Waals surface area contributed by atoms with E-state index in [1.807, 2.05) is 55.5 Å². The molecule has 0 radical (unpaired) electrons. The summed E-state index contributed by atoms with van der Waals surface area (Å²) in [6.07, 6.45) is 11.6. The summed E-state index contributed by atoms with van der Waals surface area (Å²) in [5.41, 5.74) is 4.13. The van der Waals surface area contributed by atoms with E-state index in [1.165, 1.54) is 10.5 Å². The number of nitrogens with one attached hydrogen (secondary N) is 1. The standard InChI is InChI=1S/C29H28N4O2S/c1-21-10-12-25(13-11-21)36(34,35)33-27-20-29(22-6-3-2-4-7-22,23-15-18-30-19-16-23)17-14-26(27)28(32-33)31-24-8-5-9-24/h2-4,6-7,10-19,24H,5,8-9,20H2,1H3,(H,31,32). The molecule has 0 aliphatic heterocycles. The van der Waals surface area contributed by atoms with Crippen LogP contribution in [0.4, 0.5) is 5.82 Å². The summed E-state index contributed by atoms with van der Waals surface area (Å²) in [7, 11) is -3.90. The molecule has 6 nitrogen and oxygen atoms in total. The van der Waals surface area contributed by atoms with Crippen molar-refractivity contribution in [3.8, 4) is 0 Å². The highest BCUT2D eigenvalue weighted by Crippen LogP contribution is 2.44. The summed E-state index contributed by atoms with van der Waals surface area (Å²) in [6, 6.07) is 21.5. The Balaban J connectivity index is 1.54. The molecule has 1 saturated carbocycles. The van der Waals surface area contributed by atoms with Gasteiger partial charge in [-0.2, -0.15) is 12.5 Å². The van der Waals surface area contributed by atoms with Crippen LogP contribution in [-0.2, 0) is 21.9 Å². The molecule has 1 atom stereocenters. The summed E-state index contributed by atoms with van der Waals surface area (Å²) in [5, 5.41) is 8.20. The van der Waals surface area contributed by atoms with Crippen LogP contribution in [-0.4, -0.2) is 28.6 Å². The molecule has 1 unspecified atom stereocenters. The van der Waals surface area contributed by atoms with E-state index >= 15 is 0 Å². The highest BCUT2D eigenvalue weighted by atomic mass is 32.2. The Hall–Kier alpha value is -3.71. The molecule has 1 fully saturated rings. The maximum Gasteiger partial charge on any atom is 0.283 e. The largest absolute Gasteiger partial charge is 0.365 e. The van der Waals surface area contributed by atoms with Gasteiger partial charge in [-0.05, 0) is 61.6 Å². The number of fused-ring (bicyclic) bond motifs is 1. The summed E-state index contributed by atoms with van der Waals surface area (Å²) >= 11 is 0. The summed E-state index contributed by atoms with van der Waals surface area (Å²) in [4.78, 5) is 4.45. The fraction of sp³-hybridized carbons (Fsp3) is 0.241. The number of aromatic nitrogens is 3. The zero-order valence-electron chi connectivity index (χ0n) is 20.1. The van der Waals surface area contributed by atoms with Gasteiger partial charge in [0.15, 0.2) is 5.82 Å². The SMILES string of the molecule is Cc1ccc(S(=O)(=O)n2nc(NC3CCC3)c3c2CC(c2ccccc2)(c2ccncc2)C=C3)cc1. The molecule has 6 rings (SSSR count). The zero-order valence-corrected chi connectivity index (χ0v) is 20.9. The predicted molar refractivity (Wildman–Crippen MR) is 141 cm³/mol. The van der Waals surface area contributed by atoms with E-state index in [0.717, 1.165) is 35.1 Å². The van der Waals surface area contributed by atoms with E-state index in [0.29, 0.717) is 24.0 Å². The Bertz CT molecular complexity index is 1480. The highest BCUT2D eigenvalue weighted by Gasteiger charge is 2.40. The van der Waals surface area contributed by atoms with Crippen molar-refractivity contribution >= 4 is 21.9 Å². The van der Waals surface area contributed by atoms with Crippen molar-refractivity contribution in [3.63, 3.8) is 0 Å². The van der Waals surface area contributed by atoms with Gasteiger partial charge in [-0.15, -0.1) is 5.10 Å². The third-order valence-electron chi connectivity index (χ3n) is 7.45. The number of pyridine rings is 1. The van der Waals surface area contributed by atoms with Crippen LogP contribution in [0.25, 0.3) is 6.08 Å². The van der Waals surface area contributed by atoms with Gasteiger partial charge in [-0.1, -0.05) is 60.2 Å². The molecule has 0 spiro atoms. The molecule has 36 heavy (non-hydrogen) atoms. The van der Waals surface area contributed by atoms with Gasteiger partial charge in [0.1, 0.15) is 0 Å². The first kappa shape index (κ1) is 22.7. The third-order valence-corrected chi connectivity index (χ3v) is 9.07. The summed E-state index contributed by atoms with van der Waals surface area (Å²) in [5.74, 6) is 0.637. The van der Waals surface area contributed by atoms with Crippen LogP contribution >= 0.6 is 0 Å². The van der Waals surface area contributed by atoms with Crippen molar-refractivity contribution < 1.29 is 8.42 Å².